The predicted octanol–water partition coefficient (Wildman–Crippen LogP) is 3.92. The van der Waals surface area contributed by atoms with Crippen molar-refractivity contribution in [3.63, 3.8) is 0 Å². The van der Waals surface area contributed by atoms with Gasteiger partial charge in [0.05, 0.1) is 11.0 Å². The van der Waals surface area contributed by atoms with Crippen LogP contribution in [0.3, 0.4) is 0 Å². The minimum absolute atomic E-state index is 0.0116. The highest BCUT2D eigenvalue weighted by molar-refractivity contribution is 6.18. The summed E-state index contributed by atoms with van der Waals surface area (Å²) in [5, 5.41) is 0. The third-order valence-corrected chi connectivity index (χ3v) is 4.81. The molecular formula is C17H19ClF3N3O. The van der Waals surface area contributed by atoms with Crippen LogP contribution in [-0.4, -0.2) is 39.3 Å². The fourth-order valence-electron chi connectivity index (χ4n) is 3.34. The van der Waals surface area contributed by atoms with Crippen molar-refractivity contribution in [1.29, 1.82) is 0 Å². The molecule has 4 nitrogen and oxygen atoms in total. The standard InChI is InChI=1S/C17H19ClF3N3O/c18-8-5-15(25)23-9-6-12(7-10-23)11-24-14-4-2-1-3-13(14)22-16(24)17(19,20)21/h1-4,12H,5-11H2. The summed E-state index contributed by atoms with van der Waals surface area (Å²) in [5.41, 5.74) is 0.847. The van der Waals surface area contributed by atoms with Gasteiger partial charge in [0, 0.05) is 31.9 Å². The highest BCUT2D eigenvalue weighted by atomic mass is 35.5. The molecule has 1 saturated heterocycles. The molecule has 0 bridgehead atoms. The number of carbonyl (C=O) groups is 1. The first-order valence-corrected chi connectivity index (χ1v) is 8.80. The molecule has 0 N–H and O–H groups in total. The number of carbonyl (C=O) groups excluding carboxylic acids is 1. The van der Waals surface area contributed by atoms with E-state index in [0.717, 1.165) is 0 Å². The largest absolute Gasteiger partial charge is 0.449 e. The highest BCUT2D eigenvalue weighted by Gasteiger charge is 2.38. The average Bonchev–Trinajstić information content (AvgIpc) is 2.95. The van der Waals surface area contributed by atoms with Gasteiger partial charge in [-0.05, 0) is 30.9 Å². The molecule has 1 amide bonds. The Morgan fingerprint density at radius 1 is 1.24 bits per heavy atom. The number of hydrogen-bond donors (Lipinski definition) is 0. The van der Waals surface area contributed by atoms with Gasteiger partial charge in [-0.3, -0.25) is 4.79 Å². The molecule has 0 atom stereocenters. The van der Waals surface area contributed by atoms with Crippen molar-refractivity contribution in [1.82, 2.24) is 14.5 Å². The summed E-state index contributed by atoms with van der Waals surface area (Å²) in [6.45, 7) is 1.38. The SMILES string of the molecule is O=C(CCCl)N1CCC(Cn2c(C(F)(F)F)nc3ccccc32)CC1. The van der Waals surface area contributed by atoms with Gasteiger partial charge in [-0.1, -0.05) is 12.1 Å². The number of benzene rings is 1. The predicted molar refractivity (Wildman–Crippen MR) is 89.4 cm³/mol. The molecule has 1 fully saturated rings. The van der Waals surface area contributed by atoms with Crippen molar-refractivity contribution in [3.05, 3.63) is 30.1 Å². The third-order valence-electron chi connectivity index (χ3n) is 4.62. The van der Waals surface area contributed by atoms with Crippen LogP contribution in [0.15, 0.2) is 24.3 Å². The van der Waals surface area contributed by atoms with Gasteiger partial charge < -0.3 is 9.47 Å². The Morgan fingerprint density at radius 3 is 2.56 bits per heavy atom. The minimum atomic E-state index is -4.49. The van der Waals surface area contributed by atoms with E-state index in [1.54, 1.807) is 29.2 Å². The van der Waals surface area contributed by atoms with Gasteiger partial charge in [-0.2, -0.15) is 13.2 Å². The summed E-state index contributed by atoms with van der Waals surface area (Å²) in [6, 6.07) is 6.65. The number of nitrogens with zero attached hydrogens (tertiary/aromatic N) is 3. The maximum atomic E-state index is 13.3. The number of piperidine rings is 1. The Kier molecular flexibility index (Phi) is 5.22. The smallest absolute Gasteiger partial charge is 0.343 e. The molecule has 0 spiro atoms. The topological polar surface area (TPSA) is 38.1 Å². The zero-order valence-electron chi connectivity index (χ0n) is 13.6. The van der Waals surface area contributed by atoms with E-state index in [1.807, 2.05) is 0 Å². The van der Waals surface area contributed by atoms with Crippen molar-refractivity contribution in [2.75, 3.05) is 19.0 Å². The molecule has 25 heavy (non-hydrogen) atoms. The Balaban J connectivity index is 1.77. The quantitative estimate of drug-likeness (QED) is 0.762. The lowest BCUT2D eigenvalue weighted by molar-refractivity contribution is -0.147. The monoisotopic (exact) mass is 373 g/mol. The second-order valence-electron chi connectivity index (χ2n) is 6.30. The molecule has 0 unspecified atom stereocenters. The van der Waals surface area contributed by atoms with Crippen LogP contribution in [0.4, 0.5) is 13.2 Å². The number of rotatable bonds is 4. The number of imidazole rings is 1. The van der Waals surface area contributed by atoms with E-state index in [9.17, 15) is 18.0 Å². The van der Waals surface area contributed by atoms with E-state index in [0.29, 0.717) is 43.4 Å². The molecule has 1 aliphatic rings. The zero-order valence-corrected chi connectivity index (χ0v) is 14.4. The van der Waals surface area contributed by atoms with E-state index in [-0.39, 0.29) is 24.2 Å². The Morgan fingerprint density at radius 2 is 1.92 bits per heavy atom. The van der Waals surface area contributed by atoms with E-state index in [2.05, 4.69) is 4.98 Å². The summed E-state index contributed by atoms with van der Waals surface area (Å²) >= 11 is 5.59. The van der Waals surface area contributed by atoms with Gasteiger partial charge in [0.15, 0.2) is 0 Å². The number of likely N-dealkylation sites (tertiary alicyclic amines) is 1. The summed E-state index contributed by atoms with van der Waals surface area (Å²) < 4.78 is 41.3. The van der Waals surface area contributed by atoms with Gasteiger partial charge in [0.25, 0.3) is 0 Å². The van der Waals surface area contributed by atoms with Crippen LogP contribution in [0.2, 0.25) is 0 Å². The van der Waals surface area contributed by atoms with Gasteiger partial charge in [0.1, 0.15) is 0 Å². The van der Waals surface area contributed by atoms with Gasteiger partial charge >= 0.3 is 6.18 Å². The number of fused-ring (bicyclic) bond motifs is 1. The van der Waals surface area contributed by atoms with Crippen LogP contribution in [0.25, 0.3) is 11.0 Å². The third kappa shape index (κ3) is 3.92. The van der Waals surface area contributed by atoms with Gasteiger partial charge in [-0.25, -0.2) is 4.98 Å². The van der Waals surface area contributed by atoms with Crippen molar-refractivity contribution in [2.24, 2.45) is 5.92 Å². The summed E-state index contributed by atoms with van der Waals surface area (Å²) in [4.78, 5) is 17.4. The Hall–Kier alpha value is -1.76. The fourth-order valence-corrected chi connectivity index (χ4v) is 3.50. The van der Waals surface area contributed by atoms with E-state index in [4.69, 9.17) is 11.6 Å². The lowest BCUT2D eigenvalue weighted by atomic mass is 9.96. The van der Waals surface area contributed by atoms with E-state index in [1.165, 1.54) is 4.57 Å². The first kappa shape index (κ1) is 18.0. The second-order valence-corrected chi connectivity index (χ2v) is 6.67. The summed E-state index contributed by atoms with van der Waals surface area (Å²) in [7, 11) is 0. The molecule has 0 radical (unpaired) electrons. The molecule has 136 valence electrons. The van der Waals surface area contributed by atoms with Crippen LogP contribution in [0, 0.1) is 5.92 Å². The van der Waals surface area contributed by atoms with Crippen molar-refractivity contribution in [2.45, 2.75) is 32.0 Å². The lowest BCUT2D eigenvalue weighted by Gasteiger charge is -2.32. The number of aromatic nitrogens is 2. The summed E-state index contributed by atoms with van der Waals surface area (Å²) in [5.74, 6) is -0.472. The molecule has 8 heteroatoms. The number of para-hydroxylation sites is 2. The van der Waals surface area contributed by atoms with Crippen molar-refractivity contribution in [3.8, 4) is 0 Å². The number of halogens is 4. The molecular weight excluding hydrogens is 355 g/mol. The first-order chi connectivity index (χ1) is 11.9. The average molecular weight is 374 g/mol. The minimum Gasteiger partial charge on any atom is -0.343 e. The Bertz CT molecular complexity index is 751. The van der Waals surface area contributed by atoms with Crippen LogP contribution >= 0.6 is 11.6 Å². The van der Waals surface area contributed by atoms with Crippen LogP contribution in [0.5, 0.6) is 0 Å². The fraction of sp³-hybridized carbons (Fsp3) is 0.529. The molecule has 3 rings (SSSR count). The number of amides is 1. The zero-order chi connectivity index (χ0) is 18.0. The van der Waals surface area contributed by atoms with Crippen LogP contribution in [-0.2, 0) is 17.5 Å². The van der Waals surface area contributed by atoms with E-state index < -0.39 is 12.0 Å². The van der Waals surface area contributed by atoms with Crippen LogP contribution in [0.1, 0.15) is 25.1 Å². The maximum Gasteiger partial charge on any atom is 0.449 e. The molecule has 1 aromatic carbocycles. The molecule has 1 aromatic heterocycles. The van der Waals surface area contributed by atoms with Gasteiger partial charge in [0.2, 0.25) is 11.7 Å². The summed E-state index contributed by atoms with van der Waals surface area (Å²) in [6.07, 6.45) is -2.83. The van der Waals surface area contributed by atoms with Crippen molar-refractivity contribution >= 4 is 28.5 Å². The molecule has 0 aliphatic carbocycles. The second kappa shape index (κ2) is 7.23. The van der Waals surface area contributed by atoms with Crippen LogP contribution < -0.4 is 0 Å². The molecule has 0 saturated carbocycles. The molecule has 2 aromatic rings. The van der Waals surface area contributed by atoms with E-state index >= 15 is 0 Å². The molecule has 1 aliphatic heterocycles. The Labute approximate surface area is 148 Å². The molecule has 2 heterocycles. The highest BCUT2D eigenvalue weighted by Crippen LogP contribution is 2.33. The normalized spacial score (nSPS) is 16.6. The lowest BCUT2D eigenvalue weighted by Crippen LogP contribution is -2.39. The van der Waals surface area contributed by atoms with Gasteiger partial charge in [-0.15, -0.1) is 11.6 Å². The first-order valence-electron chi connectivity index (χ1n) is 8.26. The van der Waals surface area contributed by atoms with Crippen molar-refractivity contribution < 1.29 is 18.0 Å². The number of hydrogen-bond acceptors (Lipinski definition) is 2. The number of alkyl halides is 4. The maximum absolute atomic E-state index is 13.3.